The fourth-order valence-electron chi connectivity index (χ4n) is 2.00. The summed E-state index contributed by atoms with van der Waals surface area (Å²) < 4.78 is 10.3. The van der Waals surface area contributed by atoms with E-state index in [1.807, 2.05) is 31.2 Å². The maximum atomic E-state index is 11.7. The summed E-state index contributed by atoms with van der Waals surface area (Å²) in [6.07, 6.45) is 0. The van der Waals surface area contributed by atoms with Gasteiger partial charge in [-0.15, -0.1) is 11.3 Å². The van der Waals surface area contributed by atoms with Crippen LogP contribution in [0.5, 0.6) is 0 Å². The van der Waals surface area contributed by atoms with Crippen LogP contribution in [-0.2, 0) is 20.8 Å². The Balaban J connectivity index is 1.84. The summed E-state index contributed by atoms with van der Waals surface area (Å²) >= 11 is 1.27. The number of ether oxygens (including phenoxy) is 2. The van der Waals surface area contributed by atoms with E-state index in [1.54, 1.807) is 0 Å². The fourth-order valence-corrected chi connectivity index (χ4v) is 2.79. The maximum absolute atomic E-state index is 11.7. The Kier molecular flexibility index (Phi) is 7.52. The van der Waals surface area contributed by atoms with E-state index in [-0.39, 0.29) is 18.2 Å². The van der Waals surface area contributed by atoms with Gasteiger partial charge in [-0.05, 0) is 18.6 Å². The second-order valence-corrected chi connectivity index (χ2v) is 5.93. The van der Waals surface area contributed by atoms with Gasteiger partial charge in [0.25, 0.3) is 0 Å². The molecule has 1 amide bonds. The molecule has 0 bridgehead atoms. The van der Waals surface area contributed by atoms with Gasteiger partial charge in [0.05, 0.1) is 13.2 Å². The van der Waals surface area contributed by atoms with Crippen LogP contribution in [0, 0.1) is 0 Å². The first-order valence-electron chi connectivity index (χ1n) is 7.80. The lowest BCUT2D eigenvalue weighted by Crippen LogP contribution is -2.27. The number of hydrogen-bond acceptors (Lipinski definition) is 6. The summed E-state index contributed by atoms with van der Waals surface area (Å²) in [5, 5.41) is 13.9. The zero-order valence-electron chi connectivity index (χ0n) is 13.9. The normalized spacial score (nSPS) is 10.6. The molecule has 1 aromatic carbocycles. The van der Waals surface area contributed by atoms with Crippen molar-refractivity contribution in [3.05, 3.63) is 40.9 Å². The SMILES string of the molecule is CCOCCOCC(=O)NCc1cccc(-c2nc(C(=O)O)cs2)c1. The Morgan fingerprint density at radius 1 is 1.28 bits per heavy atom. The topological polar surface area (TPSA) is 97.8 Å². The molecular formula is C17H20N2O5S. The van der Waals surface area contributed by atoms with E-state index in [0.29, 0.717) is 31.4 Å². The van der Waals surface area contributed by atoms with E-state index >= 15 is 0 Å². The van der Waals surface area contributed by atoms with Gasteiger partial charge in [0, 0.05) is 24.1 Å². The van der Waals surface area contributed by atoms with Gasteiger partial charge in [-0.25, -0.2) is 9.78 Å². The number of aromatic nitrogens is 1. The Bertz CT molecular complexity index is 717. The van der Waals surface area contributed by atoms with Crippen molar-refractivity contribution in [3.63, 3.8) is 0 Å². The van der Waals surface area contributed by atoms with E-state index in [1.165, 1.54) is 16.7 Å². The van der Waals surface area contributed by atoms with Crippen LogP contribution in [0.15, 0.2) is 29.6 Å². The average molecular weight is 364 g/mol. The Morgan fingerprint density at radius 3 is 2.80 bits per heavy atom. The standard InChI is InChI=1S/C17H20N2O5S/c1-2-23-6-7-24-10-15(20)18-9-12-4-3-5-13(8-12)16-19-14(11-25-16)17(21)22/h3-5,8,11H,2,6-7,9-10H2,1H3,(H,18,20)(H,21,22). The van der Waals surface area contributed by atoms with Gasteiger partial charge in [-0.3, -0.25) is 4.79 Å². The second kappa shape index (κ2) is 9.87. The van der Waals surface area contributed by atoms with Crippen molar-refractivity contribution >= 4 is 23.2 Å². The Labute approximate surface area is 149 Å². The van der Waals surface area contributed by atoms with Crippen LogP contribution in [0.1, 0.15) is 23.0 Å². The third-order valence-electron chi connectivity index (χ3n) is 3.20. The molecule has 134 valence electrons. The summed E-state index contributed by atoms with van der Waals surface area (Å²) in [7, 11) is 0. The summed E-state index contributed by atoms with van der Waals surface area (Å²) in [6, 6.07) is 7.45. The lowest BCUT2D eigenvalue weighted by atomic mass is 10.1. The quantitative estimate of drug-likeness (QED) is 0.627. The molecule has 0 radical (unpaired) electrons. The molecule has 2 rings (SSSR count). The molecule has 7 nitrogen and oxygen atoms in total. The number of nitrogens with zero attached hydrogens (tertiary/aromatic N) is 1. The molecule has 1 aromatic heterocycles. The van der Waals surface area contributed by atoms with Crippen LogP contribution >= 0.6 is 11.3 Å². The molecule has 0 unspecified atom stereocenters. The predicted octanol–water partition coefficient (Wildman–Crippen LogP) is 2.18. The van der Waals surface area contributed by atoms with Crippen LogP contribution < -0.4 is 5.32 Å². The highest BCUT2D eigenvalue weighted by atomic mass is 32.1. The first-order valence-corrected chi connectivity index (χ1v) is 8.68. The number of carbonyl (C=O) groups is 2. The van der Waals surface area contributed by atoms with E-state index in [9.17, 15) is 9.59 Å². The van der Waals surface area contributed by atoms with Gasteiger partial charge in [0.1, 0.15) is 11.6 Å². The van der Waals surface area contributed by atoms with E-state index in [0.717, 1.165) is 11.1 Å². The lowest BCUT2D eigenvalue weighted by molar-refractivity contribution is -0.126. The van der Waals surface area contributed by atoms with Gasteiger partial charge in [0.15, 0.2) is 5.69 Å². The number of carboxylic acids is 1. The minimum Gasteiger partial charge on any atom is -0.476 e. The fraction of sp³-hybridized carbons (Fsp3) is 0.353. The van der Waals surface area contributed by atoms with Gasteiger partial charge >= 0.3 is 5.97 Å². The third-order valence-corrected chi connectivity index (χ3v) is 4.09. The van der Waals surface area contributed by atoms with E-state index in [4.69, 9.17) is 14.6 Å². The molecule has 0 saturated heterocycles. The zero-order chi connectivity index (χ0) is 18.1. The number of carbonyl (C=O) groups excluding carboxylic acids is 1. The molecular weight excluding hydrogens is 344 g/mol. The number of benzene rings is 1. The molecule has 0 atom stereocenters. The largest absolute Gasteiger partial charge is 0.476 e. The molecule has 0 aliphatic rings. The molecule has 0 saturated carbocycles. The molecule has 1 heterocycles. The van der Waals surface area contributed by atoms with Crippen molar-refractivity contribution in [2.45, 2.75) is 13.5 Å². The third kappa shape index (κ3) is 6.26. The number of thiazole rings is 1. The van der Waals surface area contributed by atoms with E-state index < -0.39 is 5.97 Å². The van der Waals surface area contributed by atoms with E-state index in [2.05, 4.69) is 10.3 Å². The lowest BCUT2D eigenvalue weighted by Gasteiger charge is -2.07. The number of hydrogen-bond donors (Lipinski definition) is 2. The molecule has 0 aliphatic carbocycles. The Morgan fingerprint density at radius 2 is 2.08 bits per heavy atom. The predicted molar refractivity (Wildman–Crippen MR) is 93.7 cm³/mol. The van der Waals surface area contributed by atoms with Crippen molar-refractivity contribution in [3.8, 4) is 10.6 Å². The van der Waals surface area contributed by atoms with Crippen LogP contribution in [0.3, 0.4) is 0 Å². The van der Waals surface area contributed by atoms with Gasteiger partial charge in [-0.2, -0.15) is 0 Å². The second-order valence-electron chi connectivity index (χ2n) is 5.07. The van der Waals surface area contributed by atoms with Crippen molar-refractivity contribution in [2.75, 3.05) is 26.4 Å². The highest BCUT2D eigenvalue weighted by Crippen LogP contribution is 2.24. The first kappa shape index (κ1) is 19.0. The van der Waals surface area contributed by atoms with Crippen molar-refractivity contribution in [1.82, 2.24) is 10.3 Å². The number of rotatable bonds is 10. The number of aromatic carboxylic acids is 1. The minimum atomic E-state index is -1.05. The molecule has 8 heteroatoms. The molecule has 2 aromatic rings. The molecule has 2 N–H and O–H groups in total. The first-order chi connectivity index (χ1) is 12.1. The molecule has 25 heavy (non-hydrogen) atoms. The maximum Gasteiger partial charge on any atom is 0.355 e. The van der Waals surface area contributed by atoms with Crippen LogP contribution in [0.2, 0.25) is 0 Å². The highest BCUT2D eigenvalue weighted by molar-refractivity contribution is 7.13. The number of carboxylic acid groups (broad SMARTS) is 1. The van der Waals surface area contributed by atoms with Gasteiger partial charge in [0.2, 0.25) is 5.91 Å². The summed E-state index contributed by atoms with van der Waals surface area (Å²) in [5.74, 6) is -1.25. The summed E-state index contributed by atoms with van der Waals surface area (Å²) in [5.41, 5.74) is 1.74. The van der Waals surface area contributed by atoms with Crippen LogP contribution in [0.25, 0.3) is 10.6 Å². The van der Waals surface area contributed by atoms with Crippen molar-refractivity contribution < 1.29 is 24.2 Å². The number of nitrogens with one attached hydrogen (secondary N) is 1. The smallest absolute Gasteiger partial charge is 0.355 e. The highest BCUT2D eigenvalue weighted by Gasteiger charge is 2.10. The van der Waals surface area contributed by atoms with Gasteiger partial charge < -0.3 is 19.9 Å². The monoisotopic (exact) mass is 364 g/mol. The van der Waals surface area contributed by atoms with Crippen LogP contribution in [0.4, 0.5) is 0 Å². The molecule has 0 fully saturated rings. The van der Waals surface area contributed by atoms with Crippen molar-refractivity contribution in [2.24, 2.45) is 0 Å². The van der Waals surface area contributed by atoms with Crippen LogP contribution in [-0.4, -0.2) is 48.4 Å². The average Bonchev–Trinajstić information content (AvgIpc) is 3.10. The van der Waals surface area contributed by atoms with Gasteiger partial charge in [-0.1, -0.05) is 18.2 Å². The zero-order valence-corrected chi connectivity index (χ0v) is 14.7. The summed E-state index contributed by atoms with van der Waals surface area (Å²) in [4.78, 5) is 26.7. The molecule has 0 spiro atoms. The number of amides is 1. The Hall–Kier alpha value is -2.29. The molecule has 0 aliphatic heterocycles. The minimum absolute atomic E-state index is 0.0127. The summed E-state index contributed by atoms with van der Waals surface area (Å²) in [6.45, 7) is 3.72. The van der Waals surface area contributed by atoms with Crippen molar-refractivity contribution in [1.29, 1.82) is 0 Å².